The van der Waals surface area contributed by atoms with Crippen molar-refractivity contribution in [3.05, 3.63) is 81.5 Å². The first-order valence-corrected chi connectivity index (χ1v) is 14.4. The highest BCUT2D eigenvalue weighted by Gasteiger charge is 2.38. The Morgan fingerprint density at radius 2 is 1.74 bits per heavy atom. The molecule has 1 saturated carbocycles. The number of likely N-dealkylation sites (tertiary alicyclic amines) is 1. The Morgan fingerprint density at radius 3 is 2.35 bits per heavy atom. The van der Waals surface area contributed by atoms with Crippen molar-refractivity contribution >= 4 is 5.52 Å². The van der Waals surface area contributed by atoms with E-state index in [9.17, 15) is 31.1 Å². The fourth-order valence-electron chi connectivity index (χ4n) is 6.53. The molecular weight excluding hydrogens is 574 g/mol. The fraction of sp³-hybridized carbons (Fsp3) is 0.500. The van der Waals surface area contributed by atoms with Crippen LogP contribution >= 0.6 is 0 Å². The second kappa shape index (κ2) is 10.8. The van der Waals surface area contributed by atoms with Crippen molar-refractivity contribution in [1.29, 1.82) is 0 Å². The number of aryl methyl sites for hydroxylation is 1. The Balaban J connectivity index is 1.51. The summed E-state index contributed by atoms with van der Waals surface area (Å²) in [5.74, 6) is 0.379. The van der Waals surface area contributed by atoms with E-state index in [2.05, 4.69) is 22.0 Å². The van der Waals surface area contributed by atoms with E-state index < -0.39 is 40.6 Å². The van der Waals surface area contributed by atoms with Gasteiger partial charge >= 0.3 is 18.0 Å². The predicted molar refractivity (Wildman–Crippen MR) is 147 cm³/mol. The molecule has 2 aliphatic rings. The van der Waals surface area contributed by atoms with Gasteiger partial charge in [0.2, 0.25) is 0 Å². The first kappa shape index (κ1) is 29.5. The summed E-state index contributed by atoms with van der Waals surface area (Å²) >= 11 is 0. The van der Waals surface area contributed by atoms with Crippen molar-refractivity contribution < 1.29 is 26.3 Å². The Hall–Kier alpha value is -3.61. The number of alkyl halides is 6. The lowest BCUT2D eigenvalue weighted by atomic mass is 9.72. The molecule has 1 saturated heterocycles. The average molecular weight is 607 g/mol. The summed E-state index contributed by atoms with van der Waals surface area (Å²) in [5, 5.41) is 8.09. The second-order valence-electron chi connectivity index (χ2n) is 12.1. The van der Waals surface area contributed by atoms with Crippen molar-refractivity contribution in [3.8, 4) is 5.69 Å². The summed E-state index contributed by atoms with van der Waals surface area (Å²) in [6.45, 7) is 3.79. The molecule has 7 nitrogen and oxygen atoms in total. The normalized spacial score (nSPS) is 19.6. The van der Waals surface area contributed by atoms with E-state index in [-0.39, 0.29) is 23.7 Å². The summed E-state index contributed by atoms with van der Waals surface area (Å²) in [6, 6.07) is 4.34. The standard InChI is InChI=1S/C30H32F6N6O/c1-18-5-4-8-40(13-18)14-19-9-24(30(34,35)36)25-16-41(28(43)42(25)15-19)23-11-21(10-22(12-23)29(31,32)33)26(20-6-3-7-20)27-38-37-17-39(27)2/h9-12,15-18,20,26H,3-8,13-14H2,1-2H3/t18-,26+/m0/s1. The summed E-state index contributed by atoms with van der Waals surface area (Å²) < 4.78 is 88.9. The molecule has 2 atom stereocenters. The van der Waals surface area contributed by atoms with Gasteiger partial charge in [0, 0.05) is 38.4 Å². The molecular formula is C30H32F6N6O. The molecule has 13 heteroatoms. The lowest BCUT2D eigenvalue weighted by Crippen LogP contribution is -2.34. The molecule has 4 aromatic rings. The van der Waals surface area contributed by atoms with E-state index in [1.807, 2.05) is 0 Å². The van der Waals surface area contributed by atoms with Crippen LogP contribution in [0.1, 0.15) is 73.0 Å². The van der Waals surface area contributed by atoms with Gasteiger partial charge in [-0.05, 0) is 79.5 Å². The second-order valence-corrected chi connectivity index (χ2v) is 12.1. The third kappa shape index (κ3) is 5.71. The van der Waals surface area contributed by atoms with Crippen molar-refractivity contribution in [1.82, 2.24) is 28.6 Å². The Labute approximate surface area is 243 Å². The van der Waals surface area contributed by atoms with Crippen molar-refractivity contribution in [2.75, 3.05) is 13.1 Å². The molecule has 43 heavy (non-hydrogen) atoms. The highest BCUT2D eigenvalue weighted by molar-refractivity contribution is 5.58. The molecule has 1 aromatic carbocycles. The quantitative estimate of drug-likeness (QED) is 0.238. The number of rotatable bonds is 6. The van der Waals surface area contributed by atoms with Crippen LogP contribution < -0.4 is 5.69 Å². The maximum atomic E-state index is 14.3. The monoisotopic (exact) mass is 606 g/mol. The van der Waals surface area contributed by atoms with Gasteiger partial charge in [0.05, 0.1) is 22.3 Å². The molecule has 1 aliphatic carbocycles. The number of halogens is 6. The van der Waals surface area contributed by atoms with Gasteiger partial charge in [-0.3, -0.25) is 13.9 Å². The van der Waals surface area contributed by atoms with Gasteiger partial charge in [-0.2, -0.15) is 26.3 Å². The van der Waals surface area contributed by atoms with Gasteiger partial charge in [-0.15, -0.1) is 10.2 Å². The van der Waals surface area contributed by atoms with Gasteiger partial charge in [-0.1, -0.05) is 13.3 Å². The molecule has 230 valence electrons. The van der Waals surface area contributed by atoms with Crippen molar-refractivity contribution in [2.45, 2.75) is 63.8 Å². The molecule has 0 amide bonds. The molecule has 0 radical (unpaired) electrons. The predicted octanol–water partition coefficient (Wildman–Crippen LogP) is 6.42. The number of piperidine rings is 1. The zero-order chi connectivity index (χ0) is 30.7. The Morgan fingerprint density at radius 1 is 0.977 bits per heavy atom. The first-order chi connectivity index (χ1) is 20.3. The number of fused-ring (bicyclic) bond motifs is 1. The summed E-state index contributed by atoms with van der Waals surface area (Å²) in [4.78, 5) is 15.7. The highest BCUT2D eigenvalue weighted by Crippen LogP contribution is 2.44. The van der Waals surface area contributed by atoms with Crippen LogP contribution in [0, 0.1) is 11.8 Å². The molecule has 6 rings (SSSR count). The van der Waals surface area contributed by atoms with Crippen LogP contribution in [0.3, 0.4) is 0 Å². The van der Waals surface area contributed by atoms with E-state index in [0.29, 0.717) is 17.3 Å². The largest absolute Gasteiger partial charge is 0.418 e. The topological polar surface area (TPSA) is 60.4 Å². The van der Waals surface area contributed by atoms with Crippen LogP contribution in [0.2, 0.25) is 0 Å². The minimum Gasteiger partial charge on any atom is -0.320 e. The average Bonchev–Trinajstić information content (AvgIpc) is 3.47. The number of aromatic nitrogens is 5. The van der Waals surface area contributed by atoms with Gasteiger partial charge in [0.1, 0.15) is 12.2 Å². The minimum atomic E-state index is -4.78. The number of imidazole rings is 1. The van der Waals surface area contributed by atoms with Crippen LogP contribution in [-0.2, 0) is 25.9 Å². The lowest BCUT2D eigenvalue weighted by Gasteiger charge is -2.34. The lowest BCUT2D eigenvalue weighted by molar-refractivity contribution is -0.138. The third-order valence-electron chi connectivity index (χ3n) is 8.83. The molecule has 0 unspecified atom stereocenters. The Kier molecular flexibility index (Phi) is 7.42. The number of benzene rings is 1. The smallest absolute Gasteiger partial charge is 0.320 e. The zero-order valence-corrected chi connectivity index (χ0v) is 23.8. The Bertz CT molecular complexity index is 1700. The van der Waals surface area contributed by atoms with E-state index >= 15 is 0 Å². The summed E-state index contributed by atoms with van der Waals surface area (Å²) in [6.07, 6.45) is -1.24. The van der Waals surface area contributed by atoms with Crippen LogP contribution in [0.15, 0.2) is 47.8 Å². The van der Waals surface area contributed by atoms with Gasteiger partial charge in [0.15, 0.2) is 0 Å². The number of hydrogen-bond donors (Lipinski definition) is 0. The maximum absolute atomic E-state index is 14.3. The maximum Gasteiger partial charge on any atom is 0.418 e. The molecule has 3 aromatic heterocycles. The van der Waals surface area contributed by atoms with Crippen LogP contribution in [0.25, 0.3) is 11.2 Å². The van der Waals surface area contributed by atoms with Crippen molar-refractivity contribution in [3.63, 3.8) is 0 Å². The molecule has 0 N–H and O–H groups in total. The molecule has 2 fully saturated rings. The molecule has 4 heterocycles. The zero-order valence-electron chi connectivity index (χ0n) is 23.8. The highest BCUT2D eigenvalue weighted by atomic mass is 19.4. The fourth-order valence-corrected chi connectivity index (χ4v) is 6.53. The van der Waals surface area contributed by atoms with E-state index in [0.717, 1.165) is 78.6 Å². The SMILES string of the molecule is C[C@H]1CCCN(Cc2cc(C(F)(F)F)c3cn(-c4cc([C@H](c5nncn5C)C5CCC5)cc(C(F)(F)F)c4)c(=O)n3c2)C1. The number of hydrogen-bond acceptors (Lipinski definition) is 4. The van der Waals surface area contributed by atoms with E-state index in [1.54, 1.807) is 11.6 Å². The minimum absolute atomic E-state index is 0.0148. The van der Waals surface area contributed by atoms with Gasteiger partial charge in [0.25, 0.3) is 0 Å². The van der Waals surface area contributed by atoms with Gasteiger partial charge in [-0.25, -0.2) is 4.79 Å². The molecule has 1 aliphatic heterocycles. The first-order valence-electron chi connectivity index (χ1n) is 14.4. The summed E-state index contributed by atoms with van der Waals surface area (Å²) in [7, 11) is 1.71. The third-order valence-corrected chi connectivity index (χ3v) is 8.83. The summed E-state index contributed by atoms with van der Waals surface area (Å²) in [5.41, 5.74) is -2.87. The van der Waals surface area contributed by atoms with Crippen LogP contribution in [0.5, 0.6) is 0 Å². The number of nitrogens with zero attached hydrogens (tertiary/aromatic N) is 6. The van der Waals surface area contributed by atoms with E-state index in [4.69, 9.17) is 0 Å². The van der Waals surface area contributed by atoms with E-state index in [1.165, 1.54) is 18.6 Å². The molecule has 0 bridgehead atoms. The van der Waals surface area contributed by atoms with Crippen LogP contribution in [0.4, 0.5) is 26.3 Å². The number of pyridine rings is 1. The molecule has 0 spiro atoms. The van der Waals surface area contributed by atoms with Gasteiger partial charge < -0.3 is 4.57 Å². The van der Waals surface area contributed by atoms with Crippen LogP contribution in [-0.4, -0.2) is 41.7 Å². The van der Waals surface area contributed by atoms with Crippen molar-refractivity contribution in [2.24, 2.45) is 18.9 Å².